The Morgan fingerprint density at radius 2 is 1.89 bits per heavy atom. The van der Waals surface area contributed by atoms with Gasteiger partial charge in [-0.05, 0) is 23.8 Å². The van der Waals surface area contributed by atoms with Gasteiger partial charge in [0.2, 0.25) is 11.0 Å². The number of nitrogens with zero attached hydrogens (tertiary/aromatic N) is 1. The molecule has 0 bridgehead atoms. The zero-order valence-corrected chi connectivity index (χ0v) is 13.9. The summed E-state index contributed by atoms with van der Waals surface area (Å²) in [6.45, 7) is 10.5. The first-order chi connectivity index (χ1) is 8.46. The lowest BCUT2D eigenvalue weighted by atomic mass is 9.84. The third-order valence-electron chi connectivity index (χ3n) is 3.31. The fourth-order valence-corrected chi connectivity index (χ4v) is 3.57. The Labute approximate surface area is 127 Å². The number of hydrogen-bond donors (Lipinski definition) is 0. The van der Waals surface area contributed by atoms with Crippen molar-refractivity contribution in [3.63, 3.8) is 0 Å². The molecular weight excluding hydrogens is 274 g/mol. The lowest BCUT2D eigenvalue weighted by Crippen LogP contribution is -3.00. The van der Waals surface area contributed by atoms with Gasteiger partial charge in [0.15, 0.2) is 0 Å². The van der Waals surface area contributed by atoms with Gasteiger partial charge in [0.1, 0.15) is 11.2 Å². The van der Waals surface area contributed by atoms with Crippen molar-refractivity contribution >= 4 is 21.6 Å². The molecule has 1 nitrogen and oxygen atoms in total. The van der Waals surface area contributed by atoms with E-state index in [1.165, 1.54) is 23.1 Å². The van der Waals surface area contributed by atoms with Crippen molar-refractivity contribution in [2.45, 2.75) is 47.1 Å². The van der Waals surface area contributed by atoms with Crippen LogP contribution in [0.3, 0.4) is 0 Å². The fourth-order valence-electron chi connectivity index (χ4n) is 2.65. The van der Waals surface area contributed by atoms with Crippen molar-refractivity contribution in [2.24, 2.45) is 11.3 Å². The minimum Gasteiger partial charge on any atom is -1.00 e. The van der Waals surface area contributed by atoms with Gasteiger partial charge in [-0.2, -0.15) is 4.57 Å². The van der Waals surface area contributed by atoms with Gasteiger partial charge in [-0.3, -0.25) is 0 Å². The fraction of sp³-hybridized carbons (Fsp3) is 0.562. The van der Waals surface area contributed by atoms with Crippen LogP contribution in [0, 0.1) is 11.3 Å². The number of para-hydroxylation sites is 1. The normalized spacial score (nSPS) is 13.3. The highest BCUT2D eigenvalue weighted by Crippen LogP contribution is 2.26. The van der Waals surface area contributed by atoms with Crippen LogP contribution in [0.2, 0.25) is 0 Å². The molecule has 0 spiro atoms. The van der Waals surface area contributed by atoms with Gasteiger partial charge in [-0.1, -0.05) is 51.2 Å². The molecule has 3 heteroatoms. The molecule has 2 rings (SSSR count). The molecule has 2 aromatic rings. The van der Waals surface area contributed by atoms with E-state index in [0.29, 0.717) is 5.41 Å². The maximum atomic E-state index is 2.40. The third kappa shape index (κ3) is 4.77. The molecule has 0 saturated carbocycles. The van der Waals surface area contributed by atoms with E-state index in [0.717, 1.165) is 12.5 Å². The van der Waals surface area contributed by atoms with E-state index < -0.39 is 0 Å². The average Bonchev–Trinajstić information content (AvgIpc) is 2.67. The monoisotopic (exact) mass is 297 g/mol. The van der Waals surface area contributed by atoms with Crippen molar-refractivity contribution in [2.75, 3.05) is 0 Å². The molecule has 1 atom stereocenters. The number of benzene rings is 1. The Kier molecular flexibility index (Phi) is 5.82. The van der Waals surface area contributed by atoms with Crippen LogP contribution in [-0.4, -0.2) is 0 Å². The van der Waals surface area contributed by atoms with E-state index in [1.807, 2.05) is 11.3 Å². The Morgan fingerprint density at radius 3 is 2.58 bits per heavy atom. The van der Waals surface area contributed by atoms with Crippen molar-refractivity contribution < 1.29 is 17.0 Å². The maximum absolute atomic E-state index is 2.40. The number of rotatable bonds is 4. The van der Waals surface area contributed by atoms with Crippen LogP contribution in [0.15, 0.2) is 29.8 Å². The minimum absolute atomic E-state index is 0. The summed E-state index contributed by atoms with van der Waals surface area (Å²) in [5.74, 6) is 0.788. The molecule has 0 aliphatic rings. The quantitative estimate of drug-likeness (QED) is 0.756. The predicted octanol–water partition coefficient (Wildman–Crippen LogP) is 1.66. The molecule has 0 radical (unpaired) electrons. The first kappa shape index (κ1) is 16.5. The predicted molar refractivity (Wildman–Crippen MR) is 79.9 cm³/mol. The van der Waals surface area contributed by atoms with E-state index in [4.69, 9.17) is 0 Å². The molecule has 19 heavy (non-hydrogen) atoms. The van der Waals surface area contributed by atoms with Crippen molar-refractivity contribution in [3.05, 3.63) is 29.8 Å². The number of halogens is 1. The third-order valence-corrected chi connectivity index (χ3v) is 4.26. The zero-order chi connectivity index (χ0) is 13.2. The number of fused-ring (bicyclic) bond motifs is 1. The van der Waals surface area contributed by atoms with Crippen LogP contribution in [0.5, 0.6) is 0 Å². The molecule has 0 aliphatic heterocycles. The summed E-state index contributed by atoms with van der Waals surface area (Å²) in [4.78, 5) is 0. The standard InChI is InChI=1S/C16H24NS.ClH/c1-13(11-16(2,3)4)9-10-17-12-18-15-8-6-5-7-14(15)17;/h5-8,12-13H,9-11H2,1-4H3;1H/q+1;/p-1. The van der Waals surface area contributed by atoms with E-state index in [-0.39, 0.29) is 12.4 Å². The summed E-state index contributed by atoms with van der Waals surface area (Å²) < 4.78 is 3.79. The zero-order valence-electron chi connectivity index (χ0n) is 12.3. The highest BCUT2D eigenvalue weighted by atomic mass is 35.5. The number of hydrogen-bond acceptors (Lipinski definition) is 1. The SMILES string of the molecule is CC(CC[n+]1csc2ccccc21)CC(C)(C)C.[Cl-]. The Morgan fingerprint density at radius 1 is 1.21 bits per heavy atom. The van der Waals surface area contributed by atoms with Crippen LogP contribution in [0.25, 0.3) is 10.2 Å². The molecule has 106 valence electrons. The first-order valence-electron chi connectivity index (χ1n) is 6.81. The number of aromatic nitrogens is 1. The summed E-state index contributed by atoms with van der Waals surface area (Å²) in [7, 11) is 0. The highest BCUT2D eigenvalue weighted by molar-refractivity contribution is 7.16. The molecule has 1 heterocycles. The second-order valence-electron chi connectivity index (χ2n) is 6.54. The molecule has 0 amide bonds. The molecule has 1 aromatic heterocycles. The molecule has 0 saturated heterocycles. The van der Waals surface area contributed by atoms with Gasteiger partial charge in [0.25, 0.3) is 0 Å². The molecular formula is C16H24ClNS. The molecule has 0 fully saturated rings. The van der Waals surface area contributed by atoms with Crippen molar-refractivity contribution in [1.29, 1.82) is 0 Å². The Balaban J connectivity index is 0.00000180. The van der Waals surface area contributed by atoms with E-state index in [2.05, 4.69) is 62.0 Å². The van der Waals surface area contributed by atoms with Crippen LogP contribution in [0.1, 0.15) is 40.5 Å². The lowest BCUT2D eigenvalue weighted by Gasteiger charge is -2.22. The second-order valence-corrected chi connectivity index (χ2v) is 7.43. The number of thiazole rings is 1. The molecule has 1 unspecified atom stereocenters. The first-order valence-corrected chi connectivity index (χ1v) is 7.69. The largest absolute Gasteiger partial charge is 1.00 e. The van der Waals surface area contributed by atoms with Gasteiger partial charge in [0.05, 0.1) is 0 Å². The van der Waals surface area contributed by atoms with Gasteiger partial charge in [-0.25, -0.2) is 0 Å². The van der Waals surface area contributed by atoms with E-state index in [1.54, 1.807) is 0 Å². The summed E-state index contributed by atoms with van der Waals surface area (Å²) in [6, 6.07) is 8.67. The minimum atomic E-state index is 0. The van der Waals surface area contributed by atoms with Crippen LogP contribution in [0.4, 0.5) is 0 Å². The lowest BCUT2D eigenvalue weighted by molar-refractivity contribution is -0.668. The topological polar surface area (TPSA) is 3.88 Å². The van der Waals surface area contributed by atoms with Crippen LogP contribution >= 0.6 is 11.3 Å². The Hall–Kier alpha value is -0.600. The summed E-state index contributed by atoms with van der Waals surface area (Å²) >= 11 is 1.84. The van der Waals surface area contributed by atoms with Crippen molar-refractivity contribution in [3.8, 4) is 0 Å². The Bertz CT molecular complexity index is 513. The van der Waals surface area contributed by atoms with E-state index in [9.17, 15) is 0 Å². The second kappa shape index (κ2) is 6.71. The van der Waals surface area contributed by atoms with Crippen LogP contribution < -0.4 is 17.0 Å². The van der Waals surface area contributed by atoms with Gasteiger partial charge >= 0.3 is 0 Å². The molecule has 0 aliphatic carbocycles. The van der Waals surface area contributed by atoms with Crippen LogP contribution in [-0.2, 0) is 6.54 Å². The maximum Gasteiger partial charge on any atom is 0.225 e. The van der Waals surface area contributed by atoms with Crippen molar-refractivity contribution in [1.82, 2.24) is 0 Å². The van der Waals surface area contributed by atoms with Gasteiger partial charge < -0.3 is 12.4 Å². The van der Waals surface area contributed by atoms with Gasteiger partial charge in [-0.15, -0.1) is 0 Å². The van der Waals surface area contributed by atoms with E-state index >= 15 is 0 Å². The summed E-state index contributed by atoms with van der Waals surface area (Å²) in [5, 5.41) is 0. The average molecular weight is 298 g/mol. The highest BCUT2D eigenvalue weighted by Gasteiger charge is 2.17. The summed E-state index contributed by atoms with van der Waals surface area (Å²) in [5.41, 5.74) is 4.08. The van der Waals surface area contributed by atoms with Gasteiger partial charge in [0, 0.05) is 12.5 Å². The number of aryl methyl sites for hydroxylation is 1. The summed E-state index contributed by atoms with van der Waals surface area (Å²) in [6.07, 6.45) is 2.57. The smallest absolute Gasteiger partial charge is 0.225 e. The molecule has 1 aromatic carbocycles. The molecule has 0 N–H and O–H groups in total.